The molecule has 155 valence electrons. The molecule has 0 aromatic heterocycles. The van der Waals surface area contributed by atoms with Gasteiger partial charge in [-0.05, 0) is 0 Å². The molecule has 0 heterocycles. The van der Waals surface area contributed by atoms with Gasteiger partial charge in [0.15, 0.2) is 0 Å². The van der Waals surface area contributed by atoms with Crippen molar-refractivity contribution in [3.8, 4) is 11.1 Å². The Balaban J connectivity index is 1.56. The fraction of sp³-hybridized carbons (Fsp3) is 0.286. The first-order valence-electron chi connectivity index (χ1n) is 11.3. The molecule has 2 atom stereocenters. The summed E-state index contributed by atoms with van der Waals surface area (Å²) in [5, 5.41) is 0. The van der Waals surface area contributed by atoms with Crippen molar-refractivity contribution in [1.29, 1.82) is 0 Å². The van der Waals surface area contributed by atoms with E-state index in [4.69, 9.17) is 17.2 Å². The zero-order valence-corrected chi connectivity index (χ0v) is 23.0. The van der Waals surface area contributed by atoms with Crippen LogP contribution in [0, 0.1) is 5.92 Å². The zero-order valence-electron chi connectivity index (χ0n) is 17.9. The van der Waals surface area contributed by atoms with E-state index in [0.717, 1.165) is 19.3 Å². The van der Waals surface area contributed by atoms with Crippen molar-refractivity contribution in [2.24, 2.45) is 5.92 Å². The van der Waals surface area contributed by atoms with Crippen molar-refractivity contribution in [2.75, 3.05) is 0 Å². The molecule has 4 aliphatic rings. The van der Waals surface area contributed by atoms with E-state index >= 15 is 0 Å². The Bertz CT molecular complexity index is 1180. The molecule has 4 aliphatic carbocycles. The predicted octanol–water partition coefficient (Wildman–Crippen LogP) is 8.83. The van der Waals surface area contributed by atoms with Crippen LogP contribution in [0.2, 0.25) is 3.67 Å². The first-order valence-corrected chi connectivity index (χ1v) is 22.3. The first kappa shape index (κ1) is 20.5. The molecule has 1 fully saturated rings. The van der Waals surface area contributed by atoms with Crippen LogP contribution in [-0.2, 0) is 19.1 Å². The molecule has 2 aromatic rings. The van der Waals surface area contributed by atoms with Gasteiger partial charge in [-0.3, -0.25) is 0 Å². The van der Waals surface area contributed by atoms with E-state index in [1.807, 2.05) is 0 Å². The molecule has 0 radical (unpaired) electrons. The van der Waals surface area contributed by atoms with Crippen molar-refractivity contribution in [3.63, 3.8) is 0 Å². The minimum absolute atomic E-state index is 0.322. The third-order valence-corrected chi connectivity index (χ3v) is 15.3. The minimum atomic E-state index is -2.66. The molecule has 3 heteroatoms. The van der Waals surface area contributed by atoms with Crippen LogP contribution in [0.4, 0.5) is 0 Å². The van der Waals surface area contributed by atoms with Crippen LogP contribution < -0.4 is 0 Å². The van der Waals surface area contributed by atoms with Gasteiger partial charge in [0.1, 0.15) is 0 Å². The molecule has 0 N–H and O–H groups in total. The van der Waals surface area contributed by atoms with Crippen LogP contribution in [0.3, 0.4) is 0 Å². The Kier molecular flexibility index (Phi) is 5.09. The van der Waals surface area contributed by atoms with E-state index in [-0.39, 0.29) is 0 Å². The van der Waals surface area contributed by atoms with E-state index < -0.39 is 19.1 Å². The van der Waals surface area contributed by atoms with Crippen molar-refractivity contribution < 1.29 is 19.1 Å². The summed E-state index contributed by atoms with van der Waals surface area (Å²) in [5.41, 5.74) is 15.0. The summed E-state index contributed by atoms with van der Waals surface area (Å²) < 4.78 is 0.351. The second-order valence-corrected chi connectivity index (χ2v) is 21.5. The Morgan fingerprint density at radius 1 is 0.871 bits per heavy atom. The Morgan fingerprint density at radius 2 is 1.48 bits per heavy atom. The molecule has 1 saturated carbocycles. The fourth-order valence-corrected chi connectivity index (χ4v) is 14.8. The second kappa shape index (κ2) is 7.72. The van der Waals surface area contributed by atoms with Crippen LogP contribution in [-0.4, -0.2) is 0 Å². The van der Waals surface area contributed by atoms with Gasteiger partial charge in [0.25, 0.3) is 0 Å². The molecule has 6 rings (SSSR count). The van der Waals surface area contributed by atoms with E-state index in [9.17, 15) is 0 Å². The summed E-state index contributed by atoms with van der Waals surface area (Å²) in [7, 11) is 13.5. The average Bonchev–Trinajstić information content (AvgIpc) is 3.27. The number of hydrogen-bond acceptors (Lipinski definition) is 0. The molecule has 0 nitrogen and oxygen atoms in total. The number of halogens is 2. The first-order chi connectivity index (χ1) is 15.1. The number of allylic oxidation sites excluding steroid dienone is 8. The third kappa shape index (κ3) is 2.89. The molecule has 2 bridgehead atoms. The third-order valence-electron chi connectivity index (χ3n) is 7.84. The fourth-order valence-electron chi connectivity index (χ4n) is 6.63. The summed E-state index contributed by atoms with van der Waals surface area (Å²) in [4.78, 5) is 0. The molecule has 2 aromatic carbocycles. The van der Waals surface area contributed by atoms with Crippen molar-refractivity contribution in [1.82, 2.24) is 0 Å². The van der Waals surface area contributed by atoms with Gasteiger partial charge in [-0.25, -0.2) is 0 Å². The number of hydrogen-bond donors (Lipinski definition) is 0. The molecule has 2 unspecified atom stereocenters. The van der Waals surface area contributed by atoms with E-state index in [1.165, 1.54) is 33.4 Å². The van der Waals surface area contributed by atoms with Gasteiger partial charge in [0.2, 0.25) is 0 Å². The van der Waals surface area contributed by atoms with Gasteiger partial charge in [-0.2, -0.15) is 0 Å². The normalized spacial score (nSPS) is 24.0. The zero-order chi connectivity index (χ0) is 21.3. The molecular weight excluding hydrogens is 586 g/mol. The van der Waals surface area contributed by atoms with Gasteiger partial charge in [-0.15, -0.1) is 0 Å². The number of fused-ring (bicyclic) bond motifs is 4. The predicted molar refractivity (Wildman–Crippen MR) is 128 cm³/mol. The Morgan fingerprint density at radius 3 is 2.10 bits per heavy atom. The van der Waals surface area contributed by atoms with Crippen molar-refractivity contribution >= 4 is 17.2 Å². The Labute approximate surface area is 200 Å². The van der Waals surface area contributed by atoms with Gasteiger partial charge in [0, 0.05) is 0 Å². The molecule has 0 amide bonds. The summed E-state index contributed by atoms with van der Waals surface area (Å²) in [5.74, 6) is 0.774. The van der Waals surface area contributed by atoms with E-state index in [1.54, 1.807) is 22.3 Å². The van der Waals surface area contributed by atoms with Crippen molar-refractivity contribution in [2.45, 2.75) is 42.7 Å². The second-order valence-electron chi connectivity index (χ2n) is 9.09. The standard InChI is InChI=1S/C28H25.2ClH.Hf/c1-3-18-16-19-12-13-26(20-14-15-21(18)27(19)17(20)2)28-24-10-6-4-8-22(24)23-9-5-7-11-25(23)28;;;/h4-13,16-17,28H,3,14-15H2,1-2H3;2*1H;/q;;;+2/p-2. The van der Waals surface area contributed by atoms with Crippen LogP contribution >= 0.6 is 17.2 Å². The van der Waals surface area contributed by atoms with Gasteiger partial charge < -0.3 is 0 Å². The molecular formula is C28H25Cl2Hf. The van der Waals surface area contributed by atoms with Gasteiger partial charge >= 0.3 is 201 Å². The monoisotopic (exact) mass is 611 g/mol. The molecule has 0 saturated heterocycles. The van der Waals surface area contributed by atoms with E-state index in [0.29, 0.717) is 15.5 Å². The van der Waals surface area contributed by atoms with Crippen LogP contribution in [0.15, 0.2) is 94.1 Å². The maximum atomic E-state index is 6.77. The summed E-state index contributed by atoms with van der Waals surface area (Å²) in [6, 6.07) is 17.9. The Hall–Kier alpha value is -1.15. The average molecular weight is 611 g/mol. The summed E-state index contributed by atoms with van der Waals surface area (Å²) in [6.07, 6.45) is 8.22. The molecule has 0 spiro atoms. The quantitative estimate of drug-likeness (QED) is 0.305. The summed E-state index contributed by atoms with van der Waals surface area (Å²) >= 11 is -2.66. The van der Waals surface area contributed by atoms with Gasteiger partial charge in [-0.1, -0.05) is 0 Å². The van der Waals surface area contributed by atoms with Crippen molar-refractivity contribution in [3.05, 3.63) is 105 Å². The van der Waals surface area contributed by atoms with Gasteiger partial charge in [0.05, 0.1) is 0 Å². The van der Waals surface area contributed by atoms with Crippen LogP contribution in [0.5, 0.6) is 0 Å². The number of benzene rings is 2. The number of rotatable bonds is 3. The van der Waals surface area contributed by atoms with Crippen LogP contribution in [0.1, 0.15) is 50.2 Å². The molecule has 0 aliphatic heterocycles. The summed E-state index contributed by atoms with van der Waals surface area (Å²) in [6.45, 7) is 4.70. The SMILES string of the molecule is CCC1=C2CCC3=C(C4c5ccccc5-c5ccccc54)C=CC(=C2C3C)[CH]1[Hf]([Cl])[Cl]. The maximum absolute atomic E-state index is 6.77. The topological polar surface area (TPSA) is 0 Å². The molecule has 31 heavy (non-hydrogen) atoms. The van der Waals surface area contributed by atoms with Crippen LogP contribution in [0.25, 0.3) is 11.1 Å². The van der Waals surface area contributed by atoms with E-state index in [2.05, 4.69) is 74.5 Å².